The van der Waals surface area contributed by atoms with Crippen LogP contribution in [0.3, 0.4) is 0 Å². The van der Waals surface area contributed by atoms with Crippen molar-refractivity contribution < 1.29 is 24.5 Å². The smallest absolute Gasteiger partial charge is 0.338 e. The van der Waals surface area contributed by atoms with Gasteiger partial charge in [-0.1, -0.05) is 18.2 Å². The molecule has 1 aromatic carbocycles. The highest BCUT2D eigenvalue weighted by Crippen LogP contribution is 2.22. The van der Waals surface area contributed by atoms with Crippen molar-refractivity contribution in [2.24, 2.45) is 0 Å². The summed E-state index contributed by atoms with van der Waals surface area (Å²) in [6.07, 6.45) is -3.19. The van der Waals surface area contributed by atoms with E-state index >= 15 is 0 Å². The minimum absolute atomic E-state index is 0.0735. The number of hydrogen-bond donors (Lipinski definition) is 2. The van der Waals surface area contributed by atoms with Crippen LogP contribution in [-0.2, 0) is 9.47 Å². The first kappa shape index (κ1) is 13.0. The fourth-order valence-electron chi connectivity index (χ4n) is 1.92. The second-order valence-electron chi connectivity index (χ2n) is 4.33. The number of esters is 1. The minimum Gasteiger partial charge on any atom is -0.456 e. The van der Waals surface area contributed by atoms with Gasteiger partial charge >= 0.3 is 5.97 Å². The molecule has 2 rings (SSSR count). The van der Waals surface area contributed by atoms with Crippen LogP contribution >= 0.6 is 0 Å². The van der Waals surface area contributed by atoms with E-state index in [9.17, 15) is 15.0 Å². The van der Waals surface area contributed by atoms with E-state index in [1.54, 1.807) is 37.3 Å². The van der Waals surface area contributed by atoms with Gasteiger partial charge in [0.15, 0.2) is 6.29 Å². The third-order valence-corrected chi connectivity index (χ3v) is 2.94. The third-order valence-electron chi connectivity index (χ3n) is 2.94. The fourth-order valence-corrected chi connectivity index (χ4v) is 1.92. The van der Waals surface area contributed by atoms with E-state index < -0.39 is 30.6 Å². The van der Waals surface area contributed by atoms with Gasteiger partial charge in [-0.3, -0.25) is 0 Å². The molecule has 1 aliphatic heterocycles. The Morgan fingerprint density at radius 1 is 1.33 bits per heavy atom. The summed E-state index contributed by atoms with van der Waals surface area (Å²) in [7, 11) is 0. The van der Waals surface area contributed by atoms with Gasteiger partial charge in [0.25, 0.3) is 0 Å². The quantitative estimate of drug-likeness (QED) is 0.758. The Morgan fingerprint density at radius 3 is 2.67 bits per heavy atom. The van der Waals surface area contributed by atoms with E-state index in [0.717, 1.165) is 0 Å². The standard InChI is InChI=1S/C13H16O5/c1-8-12(15)10(7-11(14)17-8)18-13(16)9-5-3-2-4-6-9/h2-6,8,10-12,14-15H,7H2,1H3/t8-,10-,11+,12+/m1/s1. The average molecular weight is 252 g/mol. The third kappa shape index (κ3) is 2.87. The lowest BCUT2D eigenvalue weighted by atomic mass is 10.0. The van der Waals surface area contributed by atoms with Crippen molar-refractivity contribution in [3.8, 4) is 0 Å². The minimum atomic E-state index is -1.02. The number of ether oxygens (including phenoxy) is 2. The van der Waals surface area contributed by atoms with Gasteiger partial charge in [-0.05, 0) is 19.1 Å². The SMILES string of the molecule is C[C@H]1O[C@H](O)C[C@@H](OC(=O)c2ccccc2)[C@H]1O. The van der Waals surface area contributed by atoms with Crippen LogP contribution in [0.5, 0.6) is 0 Å². The van der Waals surface area contributed by atoms with E-state index in [1.807, 2.05) is 0 Å². The molecule has 4 atom stereocenters. The van der Waals surface area contributed by atoms with Gasteiger partial charge in [-0.2, -0.15) is 0 Å². The molecule has 5 heteroatoms. The van der Waals surface area contributed by atoms with Crippen LogP contribution in [0.4, 0.5) is 0 Å². The summed E-state index contributed by atoms with van der Waals surface area (Å²) < 4.78 is 10.2. The van der Waals surface area contributed by atoms with Crippen molar-refractivity contribution in [1.82, 2.24) is 0 Å². The lowest BCUT2D eigenvalue weighted by Crippen LogP contribution is -2.48. The van der Waals surface area contributed by atoms with Crippen LogP contribution in [0.2, 0.25) is 0 Å². The van der Waals surface area contributed by atoms with Gasteiger partial charge < -0.3 is 19.7 Å². The van der Waals surface area contributed by atoms with Crippen molar-refractivity contribution in [2.75, 3.05) is 0 Å². The second-order valence-corrected chi connectivity index (χ2v) is 4.33. The summed E-state index contributed by atoms with van der Waals surface area (Å²) in [6, 6.07) is 8.52. The maximum absolute atomic E-state index is 11.8. The van der Waals surface area contributed by atoms with Gasteiger partial charge in [-0.15, -0.1) is 0 Å². The first-order valence-corrected chi connectivity index (χ1v) is 5.85. The van der Waals surface area contributed by atoms with E-state index in [4.69, 9.17) is 9.47 Å². The Bertz CT molecular complexity index is 405. The average Bonchev–Trinajstić information content (AvgIpc) is 2.36. The molecule has 1 fully saturated rings. The monoisotopic (exact) mass is 252 g/mol. The number of carbonyl (C=O) groups excluding carboxylic acids is 1. The maximum atomic E-state index is 11.8. The summed E-state index contributed by atoms with van der Waals surface area (Å²) in [6.45, 7) is 1.62. The lowest BCUT2D eigenvalue weighted by molar-refractivity contribution is -0.226. The number of aliphatic hydroxyl groups is 2. The maximum Gasteiger partial charge on any atom is 0.338 e. The first-order chi connectivity index (χ1) is 8.58. The van der Waals surface area contributed by atoms with Crippen molar-refractivity contribution in [2.45, 2.75) is 37.9 Å². The van der Waals surface area contributed by atoms with Crippen LogP contribution in [0, 0.1) is 0 Å². The molecule has 0 bridgehead atoms. The highest BCUT2D eigenvalue weighted by molar-refractivity contribution is 5.89. The number of aliphatic hydroxyl groups excluding tert-OH is 2. The predicted octanol–water partition coefficient (Wildman–Crippen LogP) is 0.700. The summed E-state index contributed by atoms with van der Waals surface area (Å²) in [5, 5.41) is 19.3. The van der Waals surface area contributed by atoms with Crippen molar-refractivity contribution in [3.05, 3.63) is 35.9 Å². The highest BCUT2D eigenvalue weighted by atomic mass is 16.6. The lowest BCUT2D eigenvalue weighted by Gasteiger charge is -2.35. The van der Waals surface area contributed by atoms with Crippen LogP contribution < -0.4 is 0 Å². The van der Waals surface area contributed by atoms with E-state index in [2.05, 4.69) is 0 Å². The molecule has 2 N–H and O–H groups in total. The molecule has 0 radical (unpaired) electrons. The molecule has 0 spiro atoms. The summed E-state index contributed by atoms with van der Waals surface area (Å²) in [5.41, 5.74) is 0.415. The molecule has 0 unspecified atom stereocenters. The van der Waals surface area contributed by atoms with Crippen molar-refractivity contribution in [1.29, 1.82) is 0 Å². The molecule has 0 amide bonds. The Balaban J connectivity index is 2.02. The molecule has 1 aromatic rings. The second kappa shape index (κ2) is 5.48. The molecule has 0 aliphatic carbocycles. The molecular weight excluding hydrogens is 236 g/mol. The van der Waals surface area contributed by atoms with E-state index in [0.29, 0.717) is 5.56 Å². The number of carbonyl (C=O) groups is 1. The predicted molar refractivity (Wildman–Crippen MR) is 62.8 cm³/mol. The van der Waals surface area contributed by atoms with Crippen molar-refractivity contribution >= 4 is 5.97 Å². The zero-order chi connectivity index (χ0) is 13.1. The number of hydrogen-bond acceptors (Lipinski definition) is 5. The summed E-state index contributed by atoms with van der Waals surface area (Å²) >= 11 is 0. The van der Waals surface area contributed by atoms with Crippen LogP contribution in [0.15, 0.2) is 30.3 Å². The molecule has 0 saturated carbocycles. The number of rotatable bonds is 2. The Morgan fingerprint density at radius 2 is 2.00 bits per heavy atom. The van der Waals surface area contributed by atoms with Crippen molar-refractivity contribution in [3.63, 3.8) is 0 Å². The van der Waals surface area contributed by atoms with Crippen LogP contribution in [-0.4, -0.2) is 40.8 Å². The molecule has 98 valence electrons. The first-order valence-electron chi connectivity index (χ1n) is 5.85. The normalized spacial score (nSPS) is 31.9. The van der Waals surface area contributed by atoms with Gasteiger partial charge in [0.05, 0.1) is 11.7 Å². The molecule has 1 heterocycles. The van der Waals surface area contributed by atoms with E-state index in [-0.39, 0.29) is 6.42 Å². The van der Waals surface area contributed by atoms with Crippen LogP contribution in [0.25, 0.3) is 0 Å². The largest absolute Gasteiger partial charge is 0.456 e. The Labute approximate surface area is 105 Å². The number of benzene rings is 1. The zero-order valence-corrected chi connectivity index (χ0v) is 10.0. The molecule has 18 heavy (non-hydrogen) atoms. The molecule has 1 aliphatic rings. The zero-order valence-electron chi connectivity index (χ0n) is 10.0. The Hall–Kier alpha value is -1.43. The summed E-state index contributed by atoms with van der Waals surface area (Å²) in [5.74, 6) is -0.513. The highest BCUT2D eigenvalue weighted by Gasteiger charge is 2.37. The van der Waals surface area contributed by atoms with Gasteiger partial charge in [-0.25, -0.2) is 4.79 Å². The van der Waals surface area contributed by atoms with Gasteiger partial charge in [0.1, 0.15) is 12.2 Å². The fraction of sp³-hybridized carbons (Fsp3) is 0.462. The molecule has 1 saturated heterocycles. The van der Waals surface area contributed by atoms with Gasteiger partial charge in [0.2, 0.25) is 0 Å². The molecular formula is C13H16O5. The Kier molecular flexibility index (Phi) is 3.96. The molecule has 0 aromatic heterocycles. The summed E-state index contributed by atoms with van der Waals surface area (Å²) in [4.78, 5) is 11.8. The van der Waals surface area contributed by atoms with E-state index in [1.165, 1.54) is 0 Å². The molecule has 5 nitrogen and oxygen atoms in total. The van der Waals surface area contributed by atoms with Gasteiger partial charge in [0, 0.05) is 6.42 Å². The topological polar surface area (TPSA) is 76.0 Å². The van der Waals surface area contributed by atoms with Crippen LogP contribution in [0.1, 0.15) is 23.7 Å².